The van der Waals surface area contributed by atoms with Crippen LogP contribution in [-0.2, 0) is 4.79 Å². The highest BCUT2D eigenvalue weighted by atomic mass is 16.4. The van der Waals surface area contributed by atoms with Gasteiger partial charge in [0.05, 0.1) is 6.54 Å². The van der Waals surface area contributed by atoms with Gasteiger partial charge in [-0.3, -0.25) is 0 Å². The second kappa shape index (κ2) is 8.71. The lowest BCUT2D eigenvalue weighted by molar-refractivity contribution is -0.146. The molecule has 19 heavy (non-hydrogen) atoms. The molecule has 0 spiro atoms. The van der Waals surface area contributed by atoms with Crippen LogP contribution in [0.15, 0.2) is 0 Å². The molecule has 0 unspecified atom stereocenters. The molecule has 7 heteroatoms. The third-order valence-corrected chi connectivity index (χ3v) is 2.42. The molecule has 0 aliphatic heterocycles. The number of hydrogen-bond acceptors (Lipinski definition) is 4. The fraction of sp³-hybridized carbons (Fsp3) is 0.833. The lowest BCUT2D eigenvalue weighted by Crippen LogP contribution is -2.47. The summed E-state index contributed by atoms with van der Waals surface area (Å²) < 4.78 is 0. The van der Waals surface area contributed by atoms with Crippen LogP contribution in [-0.4, -0.2) is 78.4 Å². The molecule has 0 aromatic rings. The minimum Gasteiger partial charge on any atom is -0.479 e. The number of aliphatic carboxylic acids is 1. The maximum atomic E-state index is 11.9. The van der Waals surface area contributed by atoms with Crippen molar-refractivity contribution in [2.45, 2.75) is 20.0 Å². The smallest absolute Gasteiger partial charge is 0.334 e. The average molecular weight is 275 g/mol. The summed E-state index contributed by atoms with van der Waals surface area (Å²) in [7, 11) is 3.83. The van der Waals surface area contributed by atoms with E-state index < -0.39 is 12.1 Å². The largest absolute Gasteiger partial charge is 0.479 e. The summed E-state index contributed by atoms with van der Waals surface area (Å²) in [6.07, 6.45) is -1.57. The van der Waals surface area contributed by atoms with E-state index in [4.69, 9.17) is 10.2 Å². The number of carboxylic acids is 1. The highest BCUT2D eigenvalue weighted by Crippen LogP contribution is 1.99. The van der Waals surface area contributed by atoms with Gasteiger partial charge in [0.2, 0.25) is 0 Å². The van der Waals surface area contributed by atoms with E-state index in [1.165, 1.54) is 0 Å². The van der Waals surface area contributed by atoms with Crippen molar-refractivity contribution in [1.29, 1.82) is 0 Å². The van der Waals surface area contributed by atoms with Crippen molar-refractivity contribution in [3.8, 4) is 0 Å². The van der Waals surface area contributed by atoms with E-state index in [2.05, 4.69) is 5.32 Å². The molecule has 0 saturated heterocycles. The summed E-state index contributed by atoms with van der Waals surface area (Å²) in [4.78, 5) is 26.0. The highest BCUT2D eigenvalue weighted by molar-refractivity contribution is 5.76. The molecule has 0 aliphatic carbocycles. The third-order valence-electron chi connectivity index (χ3n) is 2.42. The minimum absolute atomic E-state index is 0.287. The number of carbonyl (C=O) groups excluding carboxylic acids is 1. The minimum atomic E-state index is -1.57. The third kappa shape index (κ3) is 8.39. The van der Waals surface area contributed by atoms with Crippen LogP contribution in [0.3, 0.4) is 0 Å². The Labute approximate surface area is 114 Å². The Morgan fingerprint density at radius 1 is 1.21 bits per heavy atom. The zero-order chi connectivity index (χ0) is 15.0. The van der Waals surface area contributed by atoms with Gasteiger partial charge >= 0.3 is 12.0 Å². The van der Waals surface area contributed by atoms with Gasteiger partial charge in [0.15, 0.2) is 6.10 Å². The first-order valence-corrected chi connectivity index (χ1v) is 6.32. The molecule has 0 rings (SSSR count). The number of aliphatic hydroxyl groups is 1. The van der Waals surface area contributed by atoms with Crippen molar-refractivity contribution in [3.63, 3.8) is 0 Å². The molecule has 1 atom stereocenters. The van der Waals surface area contributed by atoms with Crippen LogP contribution < -0.4 is 5.32 Å². The Bertz CT molecular complexity index is 295. The molecule has 0 aliphatic rings. The predicted octanol–water partition coefficient (Wildman–Crippen LogP) is -0.339. The average Bonchev–Trinajstić information content (AvgIpc) is 2.29. The van der Waals surface area contributed by atoms with E-state index in [0.29, 0.717) is 19.0 Å². The van der Waals surface area contributed by atoms with Gasteiger partial charge in [-0.25, -0.2) is 9.59 Å². The lowest BCUT2D eigenvalue weighted by atomic mass is 10.2. The van der Waals surface area contributed by atoms with E-state index in [1.54, 1.807) is 4.90 Å². The van der Waals surface area contributed by atoms with Crippen molar-refractivity contribution < 1.29 is 19.8 Å². The van der Waals surface area contributed by atoms with Gasteiger partial charge in [-0.15, -0.1) is 0 Å². The van der Waals surface area contributed by atoms with Gasteiger partial charge in [0.1, 0.15) is 0 Å². The predicted molar refractivity (Wildman–Crippen MR) is 72.0 cm³/mol. The van der Waals surface area contributed by atoms with E-state index in [1.807, 2.05) is 32.8 Å². The molecule has 0 bridgehead atoms. The summed E-state index contributed by atoms with van der Waals surface area (Å²) in [6, 6.07) is -0.351. The second-order valence-corrected chi connectivity index (χ2v) is 5.18. The van der Waals surface area contributed by atoms with Gasteiger partial charge in [-0.05, 0) is 20.0 Å². The van der Waals surface area contributed by atoms with Crippen molar-refractivity contribution >= 4 is 12.0 Å². The van der Waals surface area contributed by atoms with E-state index >= 15 is 0 Å². The fourth-order valence-corrected chi connectivity index (χ4v) is 1.42. The van der Waals surface area contributed by atoms with Crippen LogP contribution in [0.25, 0.3) is 0 Å². The van der Waals surface area contributed by atoms with Gasteiger partial charge in [0.25, 0.3) is 0 Å². The molecule has 0 heterocycles. The maximum absolute atomic E-state index is 11.9. The van der Waals surface area contributed by atoms with Gasteiger partial charge in [0, 0.05) is 19.6 Å². The monoisotopic (exact) mass is 275 g/mol. The standard InChI is InChI=1S/C12H25N3O4/c1-9(2)8-15(6-5-14(3)4)12(19)13-7-10(16)11(17)18/h9-10,16H,5-8H2,1-4H3,(H,13,19)(H,17,18)/t10-/m0/s1. The first-order valence-electron chi connectivity index (χ1n) is 6.32. The first kappa shape index (κ1) is 17.7. The number of nitrogens with one attached hydrogen (secondary N) is 1. The Hall–Kier alpha value is -1.34. The van der Waals surface area contributed by atoms with Crippen LogP contribution >= 0.6 is 0 Å². The van der Waals surface area contributed by atoms with Crippen molar-refractivity contribution in [2.75, 3.05) is 40.3 Å². The van der Waals surface area contributed by atoms with Crippen LogP contribution in [0.1, 0.15) is 13.8 Å². The Morgan fingerprint density at radius 2 is 1.79 bits per heavy atom. The summed E-state index contributed by atoms with van der Waals surface area (Å²) in [5.41, 5.74) is 0. The normalized spacial score (nSPS) is 12.6. The van der Waals surface area contributed by atoms with Crippen LogP contribution in [0.2, 0.25) is 0 Å². The number of likely N-dealkylation sites (N-methyl/N-ethyl adjacent to an activating group) is 1. The summed E-state index contributed by atoms with van der Waals surface area (Å²) in [5, 5.41) is 20.1. The van der Waals surface area contributed by atoms with Gasteiger partial charge in [-0.2, -0.15) is 0 Å². The van der Waals surface area contributed by atoms with E-state index in [9.17, 15) is 9.59 Å². The molecule has 2 amide bonds. The molecule has 0 radical (unpaired) electrons. The molecular formula is C12H25N3O4. The van der Waals surface area contributed by atoms with E-state index in [0.717, 1.165) is 6.54 Å². The van der Waals surface area contributed by atoms with Crippen molar-refractivity contribution in [2.24, 2.45) is 5.92 Å². The number of carbonyl (C=O) groups is 2. The number of rotatable bonds is 8. The topological polar surface area (TPSA) is 93.1 Å². The molecular weight excluding hydrogens is 250 g/mol. The highest BCUT2D eigenvalue weighted by Gasteiger charge is 2.18. The van der Waals surface area contributed by atoms with Crippen molar-refractivity contribution in [1.82, 2.24) is 15.1 Å². The van der Waals surface area contributed by atoms with Gasteiger partial charge < -0.3 is 25.3 Å². The Balaban J connectivity index is 4.32. The quantitative estimate of drug-likeness (QED) is 0.563. The molecule has 3 N–H and O–H groups in total. The van der Waals surface area contributed by atoms with E-state index in [-0.39, 0.29) is 12.6 Å². The number of amides is 2. The number of hydrogen-bond donors (Lipinski definition) is 3. The van der Waals surface area contributed by atoms with Crippen LogP contribution in [0.5, 0.6) is 0 Å². The zero-order valence-electron chi connectivity index (χ0n) is 12.1. The number of urea groups is 1. The van der Waals surface area contributed by atoms with Crippen molar-refractivity contribution in [3.05, 3.63) is 0 Å². The number of carboxylic acid groups (broad SMARTS) is 1. The molecule has 0 aromatic heterocycles. The Morgan fingerprint density at radius 3 is 2.21 bits per heavy atom. The zero-order valence-corrected chi connectivity index (χ0v) is 12.1. The first-order chi connectivity index (χ1) is 8.73. The lowest BCUT2D eigenvalue weighted by Gasteiger charge is -2.26. The summed E-state index contributed by atoms with van der Waals surface area (Å²) in [5.74, 6) is -1.03. The molecule has 0 fully saturated rings. The molecule has 112 valence electrons. The molecule has 0 aromatic carbocycles. The summed E-state index contributed by atoms with van der Waals surface area (Å²) in [6.45, 7) is 5.58. The summed E-state index contributed by atoms with van der Waals surface area (Å²) >= 11 is 0. The second-order valence-electron chi connectivity index (χ2n) is 5.18. The maximum Gasteiger partial charge on any atom is 0.334 e. The van der Waals surface area contributed by atoms with Crippen LogP contribution in [0.4, 0.5) is 4.79 Å². The Kier molecular flexibility index (Phi) is 8.09. The number of nitrogens with zero attached hydrogens (tertiary/aromatic N) is 2. The number of aliphatic hydroxyl groups excluding tert-OH is 1. The molecule has 7 nitrogen and oxygen atoms in total. The molecule has 0 saturated carbocycles. The van der Waals surface area contributed by atoms with Crippen LogP contribution in [0, 0.1) is 5.92 Å². The van der Waals surface area contributed by atoms with Gasteiger partial charge in [-0.1, -0.05) is 13.8 Å². The SMILES string of the molecule is CC(C)CN(CCN(C)C)C(=O)NC[C@H](O)C(=O)O. The fourth-order valence-electron chi connectivity index (χ4n) is 1.42.